The number of aryl methyl sites for hydroxylation is 4. The molecule has 1 heterocycles. The summed E-state index contributed by atoms with van der Waals surface area (Å²) in [5, 5.41) is 10.1. The van der Waals surface area contributed by atoms with Gasteiger partial charge in [0.2, 0.25) is 10.0 Å². The van der Waals surface area contributed by atoms with Gasteiger partial charge in [-0.05, 0) is 44.0 Å². The highest BCUT2D eigenvalue weighted by molar-refractivity contribution is 7.89. The van der Waals surface area contributed by atoms with Gasteiger partial charge in [-0.3, -0.25) is 0 Å². The third-order valence-electron chi connectivity index (χ3n) is 3.67. The molecule has 5 nitrogen and oxygen atoms in total. The third-order valence-corrected chi connectivity index (χ3v) is 5.39. The van der Waals surface area contributed by atoms with Crippen LogP contribution >= 0.6 is 0 Å². The van der Waals surface area contributed by atoms with Crippen LogP contribution in [0.2, 0.25) is 0 Å². The molecule has 1 atom stereocenters. The number of hydrogen-bond donors (Lipinski definition) is 2. The predicted molar refractivity (Wildman–Crippen MR) is 86.2 cm³/mol. The maximum atomic E-state index is 12.5. The smallest absolute Gasteiger partial charge is 0.241 e. The molecule has 0 radical (unpaired) electrons. The van der Waals surface area contributed by atoms with Crippen molar-refractivity contribution in [1.82, 2.24) is 9.29 Å². The molecule has 0 aliphatic carbocycles. The number of aliphatic hydroxyl groups excluding tert-OH is 1. The van der Waals surface area contributed by atoms with Crippen LogP contribution in [0.1, 0.15) is 28.5 Å². The van der Waals surface area contributed by atoms with Crippen molar-refractivity contribution in [3.63, 3.8) is 0 Å². The Balaban J connectivity index is 2.21. The lowest BCUT2D eigenvalue weighted by Crippen LogP contribution is -2.30. The Morgan fingerprint density at radius 3 is 2.32 bits per heavy atom. The van der Waals surface area contributed by atoms with E-state index in [0.717, 1.165) is 5.56 Å². The van der Waals surface area contributed by atoms with E-state index in [1.165, 1.54) is 0 Å². The topological polar surface area (TPSA) is 71.3 Å². The predicted octanol–water partition coefficient (Wildman–Crippen LogP) is 1.96. The van der Waals surface area contributed by atoms with Crippen LogP contribution in [0.3, 0.4) is 0 Å². The van der Waals surface area contributed by atoms with E-state index in [9.17, 15) is 13.5 Å². The Labute approximate surface area is 131 Å². The summed E-state index contributed by atoms with van der Waals surface area (Å²) in [4.78, 5) is 0.289. The second-order valence-electron chi connectivity index (χ2n) is 5.64. The molecule has 2 N–H and O–H groups in total. The van der Waals surface area contributed by atoms with E-state index in [-0.39, 0.29) is 11.4 Å². The number of aliphatic hydroxyl groups is 1. The monoisotopic (exact) mass is 322 g/mol. The Bertz CT molecular complexity index is 755. The highest BCUT2D eigenvalue weighted by atomic mass is 32.2. The highest BCUT2D eigenvalue weighted by Gasteiger charge is 2.21. The summed E-state index contributed by atoms with van der Waals surface area (Å²) in [5.74, 6) is 0. The first kappa shape index (κ1) is 16.7. The van der Waals surface area contributed by atoms with Gasteiger partial charge >= 0.3 is 0 Å². The Morgan fingerprint density at radius 1 is 1.23 bits per heavy atom. The second-order valence-corrected chi connectivity index (χ2v) is 7.34. The van der Waals surface area contributed by atoms with E-state index in [4.69, 9.17) is 0 Å². The molecule has 0 saturated carbocycles. The Hall–Kier alpha value is -1.63. The van der Waals surface area contributed by atoms with Crippen molar-refractivity contribution in [3.05, 3.63) is 52.8 Å². The molecule has 2 rings (SSSR count). The zero-order chi connectivity index (χ0) is 16.5. The summed E-state index contributed by atoms with van der Waals surface area (Å²) in [7, 11) is -1.85. The van der Waals surface area contributed by atoms with E-state index in [0.29, 0.717) is 16.8 Å². The highest BCUT2D eigenvalue weighted by Crippen LogP contribution is 2.22. The SMILES string of the molecule is Cc1cc(C)c(S(=O)(=O)NCC(O)c2cccn2C)c(C)c1. The fourth-order valence-electron chi connectivity index (χ4n) is 2.78. The van der Waals surface area contributed by atoms with Gasteiger partial charge in [-0.15, -0.1) is 0 Å². The van der Waals surface area contributed by atoms with Crippen LogP contribution in [-0.2, 0) is 17.1 Å². The Kier molecular flexibility index (Phi) is 4.75. The van der Waals surface area contributed by atoms with Crippen LogP contribution in [0.15, 0.2) is 35.4 Å². The number of sulfonamides is 1. The summed E-state index contributed by atoms with van der Waals surface area (Å²) in [6.07, 6.45) is 0.919. The molecule has 1 unspecified atom stereocenters. The number of hydrogen-bond acceptors (Lipinski definition) is 3. The Morgan fingerprint density at radius 2 is 1.82 bits per heavy atom. The van der Waals surface area contributed by atoms with E-state index in [2.05, 4.69) is 4.72 Å². The number of nitrogens with one attached hydrogen (secondary N) is 1. The molecular formula is C16H22N2O3S. The zero-order valence-electron chi connectivity index (χ0n) is 13.3. The summed E-state index contributed by atoms with van der Waals surface area (Å²) in [6, 6.07) is 7.26. The largest absolute Gasteiger partial charge is 0.386 e. The van der Waals surface area contributed by atoms with Crippen molar-refractivity contribution >= 4 is 10.0 Å². The number of nitrogens with zero attached hydrogens (tertiary/aromatic N) is 1. The lowest BCUT2D eigenvalue weighted by Gasteiger charge is -2.16. The zero-order valence-corrected chi connectivity index (χ0v) is 14.1. The quantitative estimate of drug-likeness (QED) is 0.884. The lowest BCUT2D eigenvalue weighted by molar-refractivity contribution is 0.173. The molecule has 120 valence electrons. The van der Waals surface area contributed by atoms with Crippen molar-refractivity contribution in [2.24, 2.45) is 7.05 Å². The number of aromatic nitrogens is 1. The minimum absolute atomic E-state index is 0.0626. The van der Waals surface area contributed by atoms with Crippen LogP contribution in [0, 0.1) is 20.8 Å². The summed E-state index contributed by atoms with van der Waals surface area (Å²) in [5.41, 5.74) is 3.11. The molecule has 2 aromatic rings. The van der Waals surface area contributed by atoms with Gasteiger partial charge < -0.3 is 9.67 Å². The molecule has 6 heteroatoms. The van der Waals surface area contributed by atoms with Gasteiger partial charge in [0.15, 0.2) is 0 Å². The van der Waals surface area contributed by atoms with Crippen molar-refractivity contribution < 1.29 is 13.5 Å². The summed E-state index contributed by atoms with van der Waals surface area (Å²) < 4.78 is 29.3. The van der Waals surface area contributed by atoms with Crippen molar-refractivity contribution in [2.75, 3.05) is 6.54 Å². The first-order valence-electron chi connectivity index (χ1n) is 7.09. The van der Waals surface area contributed by atoms with E-state index >= 15 is 0 Å². The van der Waals surface area contributed by atoms with E-state index < -0.39 is 16.1 Å². The number of benzene rings is 1. The summed E-state index contributed by atoms with van der Waals surface area (Å²) >= 11 is 0. The van der Waals surface area contributed by atoms with E-state index in [1.807, 2.05) is 19.1 Å². The van der Waals surface area contributed by atoms with Gasteiger partial charge in [0.25, 0.3) is 0 Å². The lowest BCUT2D eigenvalue weighted by atomic mass is 10.1. The molecule has 0 bridgehead atoms. The molecule has 0 aliphatic heterocycles. The van der Waals surface area contributed by atoms with Crippen molar-refractivity contribution in [2.45, 2.75) is 31.8 Å². The second kappa shape index (κ2) is 6.24. The fourth-order valence-corrected chi connectivity index (χ4v) is 4.26. The van der Waals surface area contributed by atoms with Gasteiger partial charge in [-0.2, -0.15) is 0 Å². The molecule has 0 saturated heterocycles. The molecule has 0 fully saturated rings. The van der Waals surface area contributed by atoms with Crippen LogP contribution < -0.4 is 4.72 Å². The van der Waals surface area contributed by atoms with Gasteiger partial charge in [0.05, 0.1) is 4.90 Å². The average Bonchev–Trinajstić information content (AvgIpc) is 2.80. The molecule has 0 amide bonds. The maximum Gasteiger partial charge on any atom is 0.241 e. The minimum Gasteiger partial charge on any atom is -0.386 e. The molecule has 0 aliphatic rings. The molecule has 22 heavy (non-hydrogen) atoms. The van der Waals surface area contributed by atoms with Crippen LogP contribution in [0.5, 0.6) is 0 Å². The standard InChI is InChI=1S/C16H22N2O3S/c1-11-8-12(2)16(13(3)9-11)22(20,21)17-10-15(19)14-6-5-7-18(14)4/h5-9,15,17,19H,10H2,1-4H3. The summed E-state index contributed by atoms with van der Waals surface area (Å²) in [6.45, 7) is 5.43. The van der Waals surface area contributed by atoms with Gasteiger partial charge in [-0.25, -0.2) is 13.1 Å². The molecular weight excluding hydrogens is 300 g/mol. The number of rotatable bonds is 5. The van der Waals surface area contributed by atoms with E-state index in [1.54, 1.807) is 43.8 Å². The normalized spacial score (nSPS) is 13.3. The first-order chi connectivity index (χ1) is 10.2. The van der Waals surface area contributed by atoms with Crippen molar-refractivity contribution in [1.29, 1.82) is 0 Å². The maximum absolute atomic E-state index is 12.5. The van der Waals surface area contributed by atoms with Crippen LogP contribution in [0.25, 0.3) is 0 Å². The average molecular weight is 322 g/mol. The van der Waals surface area contributed by atoms with Gasteiger partial charge in [0, 0.05) is 25.5 Å². The van der Waals surface area contributed by atoms with Gasteiger partial charge in [-0.1, -0.05) is 17.7 Å². The molecule has 0 spiro atoms. The van der Waals surface area contributed by atoms with Crippen LogP contribution in [-0.4, -0.2) is 24.6 Å². The van der Waals surface area contributed by atoms with Gasteiger partial charge in [0.1, 0.15) is 6.10 Å². The molecule has 1 aromatic carbocycles. The fraction of sp³-hybridized carbons (Fsp3) is 0.375. The van der Waals surface area contributed by atoms with Crippen LogP contribution in [0.4, 0.5) is 0 Å². The molecule has 1 aromatic heterocycles. The third kappa shape index (κ3) is 3.40. The van der Waals surface area contributed by atoms with Crippen molar-refractivity contribution in [3.8, 4) is 0 Å². The minimum atomic E-state index is -3.66. The first-order valence-corrected chi connectivity index (χ1v) is 8.57.